The highest BCUT2D eigenvalue weighted by molar-refractivity contribution is 5.96. The third-order valence-corrected chi connectivity index (χ3v) is 8.56. The number of rotatable bonds is 8. The summed E-state index contributed by atoms with van der Waals surface area (Å²) in [5.74, 6) is 0.148. The molecule has 2 heterocycles. The lowest BCUT2D eigenvalue weighted by atomic mass is 9.87. The summed E-state index contributed by atoms with van der Waals surface area (Å²) in [6.07, 6.45) is 8.33. The van der Waals surface area contributed by atoms with Gasteiger partial charge in [0.1, 0.15) is 11.6 Å². The molecular weight excluding hydrogens is 484 g/mol. The number of piperazine rings is 1. The molecule has 1 amide bonds. The van der Waals surface area contributed by atoms with Gasteiger partial charge in [0, 0.05) is 51.8 Å². The summed E-state index contributed by atoms with van der Waals surface area (Å²) in [5, 5.41) is 0. The SMILES string of the molecule is O=C(CN1CCN(CCOCC2CCCCC2)CC1)N1CCCC(c2ccc(F)cc2)c2ccc(F)cc21. The van der Waals surface area contributed by atoms with Crippen LogP contribution in [0.5, 0.6) is 0 Å². The predicted octanol–water partition coefficient (Wildman–Crippen LogP) is 5.44. The van der Waals surface area contributed by atoms with E-state index in [0.717, 1.165) is 75.8 Å². The van der Waals surface area contributed by atoms with Gasteiger partial charge in [-0.05, 0) is 67.0 Å². The van der Waals surface area contributed by atoms with Crippen molar-refractivity contribution in [1.82, 2.24) is 9.80 Å². The minimum Gasteiger partial charge on any atom is -0.380 e. The van der Waals surface area contributed by atoms with Crippen molar-refractivity contribution in [3.63, 3.8) is 0 Å². The zero-order chi connectivity index (χ0) is 26.3. The second kappa shape index (κ2) is 13.1. The van der Waals surface area contributed by atoms with Gasteiger partial charge >= 0.3 is 0 Å². The number of carbonyl (C=O) groups excluding carboxylic acids is 1. The smallest absolute Gasteiger partial charge is 0.241 e. The van der Waals surface area contributed by atoms with Crippen LogP contribution in [0.4, 0.5) is 14.5 Å². The molecule has 1 saturated heterocycles. The van der Waals surface area contributed by atoms with Crippen LogP contribution in [0, 0.1) is 17.6 Å². The number of nitrogens with zero attached hydrogens (tertiary/aromatic N) is 3. The number of halogens is 2. The van der Waals surface area contributed by atoms with E-state index in [1.807, 2.05) is 0 Å². The van der Waals surface area contributed by atoms with E-state index in [-0.39, 0.29) is 23.5 Å². The molecule has 0 N–H and O–H groups in total. The molecular formula is C31H41F2N3O2. The summed E-state index contributed by atoms with van der Waals surface area (Å²) in [4.78, 5) is 19.9. The van der Waals surface area contributed by atoms with Crippen molar-refractivity contribution in [2.24, 2.45) is 5.92 Å². The van der Waals surface area contributed by atoms with Crippen molar-refractivity contribution in [3.8, 4) is 0 Å². The van der Waals surface area contributed by atoms with Crippen molar-refractivity contribution < 1.29 is 18.3 Å². The molecule has 0 spiro atoms. The highest BCUT2D eigenvalue weighted by Crippen LogP contribution is 2.39. The molecule has 5 nitrogen and oxygen atoms in total. The van der Waals surface area contributed by atoms with E-state index in [2.05, 4.69) is 9.80 Å². The number of anilines is 1. The van der Waals surface area contributed by atoms with E-state index in [0.29, 0.717) is 18.8 Å². The molecule has 7 heteroatoms. The quantitative estimate of drug-likeness (QED) is 0.430. The van der Waals surface area contributed by atoms with Crippen molar-refractivity contribution >= 4 is 11.6 Å². The molecule has 2 fully saturated rings. The maximum atomic E-state index is 14.4. The Morgan fingerprint density at radius 3 is 2.29 bits per heavy atom. The average Bonchev–Trinajstić information content (AvgIpc) is 3.12. The Bertz CT molecular complexity index is 1050. The Hall–Kier alpha value is -2.35. The molecule has 1 aliphatic carbocycles. The lowest BCUT2D eigenvalue weighted by Gasteiger charge is -2.35. The molecule has 5 rings (SSSR count). The largest absolute Gasteiger partial charge is 0.380 e. The Balaban J connectivity index is 1.14. The Morgan fingerprint density at radius 2 is 1.53 bits per heavy atom. The van der Waals surface area contributed by atoms with Crippen LogP contribution < -0.4 is 4.90 Å². The van der Waals surface area contributed by atoms with Crippen LogP contribution in [0.1, 0.15) is 62.0 Å². The summed E-state index contributed by atoms with van der Waals surface area (Å²) in [6.45, 7) is 7.06. The van der Waals surface area contributed by atoms with Gasteiger partial charge in [-0.2, -0.15) is 0 Å². The summed E-state index contributed by atoms with van der Waals surface area (Å²) in [5.41, 5.74) is 2.57. The fourth-order valence-electron chi connectivity index (χ4n) is 6.32. The minimum atomic E-state index is -0.347. The normalized spacial score (nSPS) is 21.7. The second-order valence-electron chi connectivity index (χ2n) is 11.2. The Morgan fingerprint density at radius 1 is 0.816 bits per heavy atom. The van der Waals surface area contributed by atoms with E-state index in [1.54, 1.807) is 23.1 Å². The number of benzene rings is 2. The number of amides is 1. The van der Waals surface area contributed by atoms with Gasteiger partial charge in [-0.25, -0.2) is 8.78 Å². The first kappa shape index (κ1) is 27.2. The summed E-state index contributed by atoms with van der Waals surface area (Å²) in [7, 11) is 0. The van der Waals surface area contributed by atoms with Gasteiger partial charge in [0.15, 0.2) is 0 Å². The third-order valence-electron chi connectivity index (χ3n) is 8.56. The van der Waals surface area contributed by atoms with Gasteiger partial charge in [-0.1, -0.05) is 37.5 Å². The minimum absolute atomic E-state index is 0.00729. The van der Waals surface area contributed by atoms with Crippen LogP contribution in [0.15, 0.2) is 42.5 Å². The van der Waals surface area contributed by atoms with Crippen LogP contribution in [-0.4, -0.2) is 74.7 Å². The highest BCUT2D eigenvalue weighted by atomic mass is 19.1. The Kier molecular flexibility index (Phi) is 9.41. The van der Waals surface area contributed by atoms with Gasteiger partial charge in [0.05, 0.1) is 18.8 Å². The molecule has 2 aromatic rings. The van der Waals surface area contributed by atoms with Gasteiger partial charge in [-0.15, -0.1) is 0 Å². The van der Waals surface area contributed by atoms with Crippen molar-refractivity contribution in [3.05, 3.63) is 65.2 Å². The molecule has 1 atom stereocenters. The number of carbonyl (C=O) groups is 1. The maximum absolute atomic E-state index is 14.4. The lowest BCUT2D eigenvalue weighted by Crippen LogP contribution is -2.50. The molecule has 0 radical (unpaired) electrons. The molecule has 1 saturated carbocycles. The molecule has 2 aliphatic heterocycles. The predicted molar refractivity (Wildman–Crippen MR) is 147 cm³/mol. The molecule has 38 heavy (non-hydrogen) atoms. The zero-order valence-corrected chi connectivity index (χ0v) is 22.4. The van der Waals surface area contributed by atoms with Gasteiger partial charge < -0.3 is 9.64 Å². The number of hydrogen-bond acceptors (Lipinski definition) is 4. The van der Waals surface area contributed by atoms with E-state index >= 15 is 0 Å². The molecule has 0 aromatic heterocycles. The highest BCUT2D eigenvalue weighted by Gasteiger charge is 2.29. The lowest BCUT2D eigenvalue weighted by molar-refractivity contribution is -0.120. The first-order valence-corrected chi connectivity index (χ1v) is 14.4. The second-order valence-corrected chi connectivity index (χ2v) is 11.2. The maximum Gasteiger partial charge on any atom is 0.241 e. The van der Waals surface area contributed by atoms with Crippen LogP contribution >= 0.6 is 0 Å². The fraction of sp³-hybridized carbons (Fsp3) is 0.581. The molecule has 3 aliphatic rings. The standard InChI is InChI=1S/C31H41F2N3O2/c32-26-10-8-25(9-11-26)28-7-4-14-36(30-21-27(33)12-13-29(28)30)31(37)22-35-17-15-34(16-18-35)19-20-38-23-24-5-2-1-3-6-24/h8-13,21,24,28H,1-7,14-20,22-23H2. The topological polar surface area (TPSA) is 36.0 Å². The zero-order valence-electron chi connectivity index (χ0n) is 22.4. The van der Waals surface area contributed by atoms with Crippen LogP contribution in [0.3, 0.4) is 0 Å². The summed E-state index contributed by atoms with van der Waals surface area (Å²) < 4.78 is 33.9. The molecule has 2 aromatic carbocycles. The first-order valence-electron chi connectivity index (χ1n) is 14.4. The van der Waals surface area contributed by atoms with Gasteiger partial charge in [0.2, 0.25) is 5.91 Å². The molecule has 1 unspecified atom stereocenters. The third kappa shape index (κ3) is 6.99. The van der Waals surface area contributed by atoms with Gasteiger partial charge in [-0.3, -0.25) is 14.6 Å². The summed E-state index contributed by atoms with van der Waals surface area (Å²) in [6, 6.07) is 11.3. The number of hydrogen-bond donors (Lipinski definition) is 0. The fourth-order valence-corrected chi connectivity index (χ4v) is 6.32. The van der Waals surface area contributed by atoms with E-state index in [9.17, 15) is 13.6 Å². The van der Waals surface area contributed by atoms with Crippen LogP contribution in [0.2, 0.25) is 0 Å². The number of ether oxygens (including phenoxy) is 1. The number of fused-ring (bicyclic) bond motifs is 1. The van der Waals surface area contributed by atoms with Crippen LogP contribution in [0.25, 0.3) is 0 Å². The summed E-state index contributed by atoms with van der Waals surface area (Å²) >= 11 is 0. The first-order chi connectivity index (χ1) is 18.6. The van der Waals surface area contributed by atoms with Crippen LogP contribution in [-0.2, 0) is 9.53 Å². The molecule has 206 valence electrons. The van der Waals surface area contributed by atoms with Crippen molar-refractivity contribution in [2.75, 3.05) is 63.9 Å². The monoisotopic (exact) mass is 525 g/mol. The molecule has 0 bridgehead atoms. The Labute approximate surface area is 225 Å². The van der Waals surface area contributed by atoms with Crippen molar-refractivity contribution in [2.45, 2.75) is 50.9 Å². The average molecular weight is 526 g/mol. The van der Waals surface area contributed by atoms with Gasteiger partial charge in [0.25, 0.3) is 0 Å². The van der Waals surface area contributed by atoms with Crippen molar-refractivity contribution in [1.29, 1.82) is 0 Å². The van der Waals surface area contributed by atoms with E-state index < -0.39 is 0 Å². The van der Waals surface area contributed by atoms with E-state index in [1.165, 1.54) is 56.4 Å². The van der Waals surface area contributed by atoms with E-state index in [4.69, 9.17) is 4.74 Å².